The number of aliphatic hydroxyl groups is 1. The molecule has 2 aromatic rings. The Morgan fingerprint density at radius 2 is 1.82 bits per heavy atom. The largest absolute Gasteiger partial charge is 0.453 e. The summed E-state index contributed by atoms with van der Waals surface area (Å²) in [6.45, 7) is 2.35. The highest BCUT2D eigenvalue weighted by molar-refractivity contribution is 5.95. The first-order valence-corrected chi connectivity index (χ1v) is 9.07. The van der Waals surface area contributed by atoms with Gasteiger partial charge in [0.25, 0.3) is 0 Å². The van der Waals surface area contributed by atoms with Crippen molar-refractivity contribution in [3.05, 3.63) is 64.7 Å². The highest BCUT2D eigenvalue weighted by atomic mass is 19.4. The Morgan fingerprint density at radius 3 is 2.50 bits per heavy atom. The third-order valence-electron chi connectivity index (χ3n) is 5.11. The average Bonchev–Trinajstić information content (AvgIpc) is 2.84. The standard InChI is InChI=1S/C21H21F4NO2/c1-14-6-2-3-7-15(14)13-19(27)26-11-5-4-8-16-12-17(9-10-18(16)26)20(22,28)21(23,24)25/h2-3,6-7,9-10,12,28H,4-5,8,11,13H2,1H3. The smallest absolute Gasteiger partial charge is 0.351 e. The van der Waals surface area contributed by atoms with Crippen LogP contribution in [0.15, 0.2) is 42.5 Å². The van der Waals surface area contributed by atoms with Crippen molar-refractivity contribution in [2.24, 2.45) is 0 Å². The third kappa shape index (κ3) is 3.90. The maximum atomic E-state index is 13.9. The number of alkyl halides is 4. The molecule has 1 amide bonds. The molecular formula is C21H21F4NO2. The molecule has 0 saturated carbocycles. The molecule has 28 heavy (non-hydrogen) atoms. The van der Waals surface area contributed by atoms with E-state index in [1.54, 1.807) is 4.90 Å². The number of nitrogens with zero attached hydrogens (tertiary/aromatic N) is 1. The quantitative estimate of drug-likeness (QED) is 0.773. The second-order valence-electron chi connectivity index (χ2n) is 7.07. The fourth-order valence-electron chi connectivity index (χ4n) is 3.45. The first kappa shape index (κ1) is 20.3. The second-order valence-corrected chi connectivity index (χ2v) is 7.07. The van der Waals surface area contributed by atoms with E-state index in [2.05, 4.69) is 0 Å². The van der Waals surface area contributed by atoms with Crippen LogP contribution in [0, 0.1) is 6.92 Å². The Morgan fingerprint density at radius 1 is 1.11 bits per heavy atom. The zero-order valence-electron chi connectivity index (χ0n) is 15.4. The maximum absolute atomic E-state index is 13.9. The van der Waals surface area contributed by atoms with Crippen LogP contribution in [0.1, 0.15) is 35.1 Å². The maximum Gasteiger partial charge on any atom is 0.453 e. The van der Waals surface area contributed by atoms with Gasteiger partial charge in [-0.2, -0.15) is 17.6 Å². The number of halogens is 4. The zero-order chi connectivity index (χ0) is 20.5. The van der Waals surface area contributed by atoms with Crippen LogP contribution < -0.4 is 4.90 Å². The molecule has 0 bridgehead atoms. The fourth-order valence-corrected chi connectivity index (χ4v) is 3.45. The van der Waals surface area contributed by atoms with Crippen LogP contribution >= 0.6 is 0 Å². The summed E-state index contributed by atoms with van der Waals surface area (Å²) in [7, 11) is 0. The molecule has 7 heteroatoms. The molecule has 0 fully saturated rings. The molecule has 1 N–H and O–H groups in total. The van der Waals surface area contributed by atoms with Crippen molar-refractivity contribution in [2.45, 2.75) is 44.6 Å². The minimum absolute atomic E-state index is 0.170. The van der Waals surface area contributed by atoms with Gasteiger partial charge in [-0.25, -0.2) is 0 Å². The summed E-state index contributed by atoms with van der Waals surface area (Å²) in [6.07, 6.45) is -3.52. The number of hydrogen-bond donors (Lipinski definition) is 1. The fraction of sp³-hybridized carbons (Fsp3) is 0.381. The van der Waals surface area contributed by atoms with E-state index in [0.717, 1.165) is 23.3 Å². The van der Waals surface area contributed by atoms with Crippen LogP contribution in [0.2, 0.25) is 0 Å². The Labute approximate surface area is 160 Å². The van der Waals surface area contributed by atoms with Crippen molar-refractivity contribution >= 4 is 11.6 Å². The summed E-state index contributed by atoms with van der Waals surface area (Å²) < 4.78 is 52.4. The second kappa shape index (κ2) is 7.54. The zero-order valence-corrected chi connectivity index (χ0v) is 15.4. The molecule has 1 atom stereocenters. The van der Waals surface area contributed by atoms with E-state index in [9.17, 15) is 27.5 Å². The molecule has 0 spiro atoms. The Kier molecular flexibility index (Phi) is 5.48. The molecule has 0 radical (unpaired) electrons. The SMILES string of the molecule is Cc1ccccc1CC(=O)N1CCCCc2cc(C(O)(F)C(F)(F)F)ccc21. The van der Waals surface area contributed by atoms with E-state index in [4.69, 9.17) is 0 Å². The molecule has 150 valence electrons. The van der Waals surface area contributed by atoms with Crippen molar-refractivity contribution in [3.63, 3.8) is 0 Å². The summed E-state index contributed by atoms with van der Waals surface area (Å²) in [5.74, 6) is -4.60. The van der Waals surface area contributed by atoms with E-state index < -0.39 is 17.6 Å². The predicted octanol–water partition coefficient (Wildman–Crippen LogP) is 4.58. The molecule has 1 unspecified atom stereocenters. The molecule has 3 rings (SSSR count). The lowest BCUT2D eigenvalue weighted by molar-refractivity contribution is -0.323. The number of hydrogen-bond acceptors (Lipinski definition) is 2. The van der Waals surface area contributed by atoms with Crippen LogP contribution in [0.3, 0.4) is 0 Å². The first-order valence-electron chi connectivity index (χ1n) is 9.07. The minimum atomic E-state index is -5.44. The molecule has 1 aliphatic heterocycles. The lowest BCUT2D eigenvalue weighted by Crippen LogP contribution is -2.38. The highest BCUT2D eigenvalue weighted by Gasteiger charge is 2.56. The van der Waals surface area contributed by atoms with Crippen LogP contribution in [-0.4, -0.2) is 23.7 Å². The third-order valence-corrected chi connectivity index (χ3v) is 5.11. The monoisotopic (exact) mass is 395 g/mol. The number of fused-ring (bicyclic) bond motifs is 1. The first-order chi connectivity index (χ1) is 13.1. The van der Waals surface area contributed by atoms with Crippen molar-refractivity contribution in [1.29, 1.82) is 0 Å². The van der Waals surface area contributed by atoms with Crippen molar-refractivity contribution in [1.82, 2.24) is 0 Å². The van der Waals surface area contributed by atoms with Crippen LogP contribution in [0.4, 0.5) is 23.2 Å². The molecule has 3 nitrogen and oxygen atoms in total. The summed E-state index contributed by atoms with van der Waals surface area (Å²) in [6, 6.07) is 10.7. The van der Waals surface area contributed by atoms with E-state index in [1.807, 2.05) is 31.2 Å². The van der Waals surface area contributed by atoms with Gasteiger partial charge in [0, 0.05) is 17.8 Å². The van der Waals surface area contributed by atoms with Crippen molar-refractivity contribution in [3.8, 4) is 0 Å². The van der Waals surface area contributed by atoms with Gasteiger partial charge in [0.15, 0.2) is 0 Å². The lowest BCUT2D eigenvalue weighted by Gasteiger charge is -2.26. The van der Waals surface area contributed by atoms with Gasteiger partial charge in [-0.3, -0.25) is 4.79 Å². The molecular weight excluding hydrogens is 374 g/mol. The van der Waals surface area contributed by atoms with Gasteiger partial charge in [0.1, 0.15) is 0 Å². The summed E-state index contributed by atoms with van der Waals surface area (Å²) in [5, 5.41) is 9.32. The van der Waals surface area contributed by atoms with E-state index >= 15 is 0 Å². The summed E-state index contributed by atoms with van der Waals surface area (Å²) in [5.41, 5.74) is 1.89. The molecule has 0 aromatic heterocycles. The van der Waals surface area contributed by atoms with Gasteiger partial charge < -0.3 is 10.0 Å². The van der Waals surface area contributed by atoms with Gasteiger partial charge in [-0.15, -0.1) is 0 Å². The average molecular weight is 395 g/mol. The van der Waals surface area contributed by atoms with E-state index in [0.29, 0.717) is 37.1 Å². The number of aryl methyl sites for hydroxylation is 2. The molecule has 0 saturated heterocycles. The Bertz CT molecular complexity index is 877. The van der Waals surface area contributed by atoms with Gasteiger partial charge in [0.05, 0.1) is 6.42 Å². The van der Waals surface area contributed by atoms with Crippen LogP contribution in [-0.2, 0) is 23.5 Å². The van der Waals surface area contributed by atoms with Gasteiger partial charge in [0.2, 0.25) is 5.91 Å². The minimum Gasteiger partial charge on any atom is -0.351 e. The predicted molar refractivity (Wildman–Crippen MR) is 97.7 cm³/mol. The van der Waals surface area contributed by atoms with Gasteiger partial charge >= 0.3 is 12.0 Å². The molecule has 1 aliphatic rings. The number of rotatable bonds is 3. The molecule has 2 aromatic carbocycles. The van der Waals surface area contributed by atoms with Gasteiger partial charge in [-0.1, -0.05) is 30.3 Å². The number of amides is 1. The van der Waals surface area contributed by atoms with Crippen molar-refractivity contribution < 1.29 is 27.5 Å². The van der Waals surface area contributed by atoms with Crippen molar-refractivity contribution in [2.75, 3.05) is 11.4 Å². The summed E-state index contributed by atoms with van der Waals surface area (Å²) in [4.78, 5) is 14.4. The number of benzene rings is 2. The molecule has 1 heterocycles. The highest BCUT2D eigenvalue weighted by Crippen LogP contribution is 2.42. The summed E-state index contributed by atoms with van der Waals surface area (Å²) >= 11 is 0. The van der Waals surface area contributed by atoms with Crippen LogP contribution in [0.25, 0.3) is 0 Å². The van der Waals surface area contributed by atoms with Gasteiger partial charge in [-0.05, 0) is 55.0 Å². The Balaban J connectivity index is 1.93. The van der Waals surface area contributed by atoms with E-state index in [1.165, 1.54) is 6.07 Å². The topological polar surface area (TPSA) is 40.5 Å². The van der Waals surface area contributed by atoms with E-state index in [-0.39, 0.29) is 12.3 Å². The number of anilines is 1. The molecule has 0 aliphatic carbocycles. The van der Waals surface area contributed by atoms with Crippen LogP contribution in [0.5, 0.6) is 0 Å². The lowest BCUT2D eigenvalue weighted by atomic mass is 9.99. The normalized spacial score (nSPS) is 16.9. The number of carbonyl (C=O) groups excluding carboxylic acids is 1. The Hall–Kier alpha value is -2.41. The number of carbonyl (C=O) groups is 1.